The maximum absolute atomic E-state index is 12.6. The summed E-state index contributed by atoms with van der Waals surface area (Å²) in [6.45, 7) is 3.26. The lowest BCUT2D eigenvalue weighted by molar-refractivity contribution is -0.150. The molecule has 26 heavy (non-hydrogen) atoms. The molecule has 9 heteroatoms. The Labute approximate surface area is 160 Å². The number of ether oxygens (including phenoxy) is 3. The molecule has 1 fully saturated rings. The highest BCUT2D eigenvalue weighted by molar-refractivity contribution is 8.18. The molecule has 0 spiro atoms. The van der Waals surface area contributed by atoms with Crippen molar-refractivity contribution in [3.63, 3.8) is 0 Å². The van der Waals surface area contributed by atoms with E-state index < -0.39 is 23.2 Å². The number of carbonyl (C=O) groups is 3. The predicted molar refractivity (Wildman–Crippen MR) is 98.5 cm³/mol. The van der Waals surface area contributed by atoms with Gasteiger partial charge in [0.25, 0.3) is 11.1 Å². The minimum absolute atomic E-state index is 0.153. The number of esters is 1. The summed E-state index contributed by atoms with van der Waals surface area (Å²) in [6, 6.07) is 2.15. The van der Waals surface area contributed by atoms with Crippen molar-refractivity contribution in [3.8, 4) is 11.5 Å². The van der Waals surface area contributed by atoms with Crippen molar-refractivity contribution in [2.75, 3.05) is 20.8 Å². The first-order valence-electron chi connectivity index (χ1n) is 7.69. The molecule has 0 bridgehead atoms. The third kappa shape index (κ3) is 3.96. The van der Waals surface area contributed by atoms with Crippen molar-refractivity contribution in [2.24, 2.45) is 0 Å². The molecule has 1 aromatic rings. The van der Waals surface area contributed by atoms with Crippen molar-refractivity contribution < 1.29 is 28.6 Å². The monoisotopic (exact) mass is 399 g/mol. The molecule has 0 aromatic heterocycles. The fourth-order valence-corrected chi connectivity index (χ4v) is 3.41. The zero-order valence-electron chi connectivity index (χ0n) is 14.7. The van der Waals surface area contributed by atoms with Crippen LogP contribution in [0.25, 0.3) is 6.08 Å². The number of benzene rings is 1. The number of hydrogen-bond donors (Lipinski definition) is 0. The van der Waals surface area contributed by atoms with Crippen LogP contribution in [0.15, 0.2) is 17.0 Å². The second-order valence-corrected chi connectivity index (χ2v) is 6.61. The number of rotatable bonds is 6. The first-order valence-corrected chi connectivity index (χ1v) is 8.88. The Morgan fingerprint density at radius 3 is 2.46 bits per heavy atom. The van der Waals surface area contributed by atoms with Crippen LogP contribution in [0.5, 0.6) is 11.5 Å². The molecular formula is C17H18ClNO6S. The molecule has 0 N–H and O–H groups in total. The average Bonchev–Trinajstić information content (AvgIpc) is 2.89. The molecule has 7 nitrogen and oxygen atoms in total. The smallest absolute Gasteiger partial charge is 0.329 e. The summed E-state index contributed by atoms with van der Waals surface area (Å²) in [7, 11) is 2.96. The van der Waals surface area contributed by atoms with Crippen LogP contribution in [0.4, 0.5) is 4.79 Å². The molecule has 140 valence electrons. The van der Waals surface area contributed by atoms with E-state index in [-0.39, 0.29) is 11.5 Å². The molecule has 0 saturated carbocycles. The summed E-state index contributed by atoms with van der Waals surface area (Å²) < 4.78 is 15.3. The highest BCUT2D eigenvalue weighted by Gasteiger charge is 2.41. The van der Waals surface area contributed by atoms with Crippen LogP contribution in [0.2, 0.25) is 5.02 Å². The summed E-state index contributed by atoms with van der Waals surface area (Å²) in [6.07, 6.45) is 1.48. The fraction of sp³-hybridized carbons (Fsp3) is 0.353. The van der Waals surface area contributed by atoms with Gasteiger partial charge in [-0.05, 0) is 43.3 Å². The van der Waals surface area contributed by atoms with E-state index in [2.05, 4.69) is 0 Å². The van der Waals surface area contributed by atoms with Crippen molar-refractivity contribution in [3.05, 3.63) is 27.6 Å². The first-order chi connectivity index (χ1) is 12.3. The van der Waals surface area contributed by atoms with Gasteiger partial charge in [0.05, 0.1) is 30.8 Å². The molecule has 2 amide bonds. The number of thioether (sulfide) groups is 1. The minimum atomic E-state index is -1.01. The van der Waals surface area contributed by atoms with Gasteiger partial charge in [0.15, 0.2) is 11.5 Å². The van der Waals surface area contributed by atoms with Gasteiger partial charge in [0.1, 0.15) is 6.04 Å². The quantitative estimate of drug-likeness (QED) is 0.535. The van der Waals surface area contributed by atoms with Gasteiger partial charge in [-0.25, -0.2) is 4.79 Å². The van der Waals surface area contributed by atoms with Gasteiger partial charge in [-0.15, -0.1) is 0 Å². The second kappa shape index (κ2) is 8.46. The van der Waals surface area contributed by atoms with Gasteiger partial charge in [0, 0.05) is 6.07 Å². The molecule has 1 saturated heterocycles. The van der Waals surface area contributed by atoms with Gasteiger partial charge in [-0.2, -0.15) is 0 Å². The zero-order chi connectivity index (χ0) is 19.4. The normalized spacial score (nSPS) is 16.8. The molecular weight excluding hydrogens is 382 g/mol. The van der Waals surface area contributed by atoms with E-state index >= 15 is 0 Å². The van der Waals surface area contributed by atoms with Gasteiger partial charge in [-0.3, -0.25) is 14.5 Å². The highest BCUT2D eigenvalue weighted by atomic mass is 35.5. The molecule has 1 aliphatic heterocycles. The van der Waals surface area contributed by atoms with Crippen LogP contribution in [0.1, 0.15) is 19.4 Å². The van der Waals surface area contributed by atoms with Crippen LogP contribution in [0.3, 0.4) is 0 Å². The Hall–Kier alpha value is -2.19. The lowest BCUT2D eigenvalue weighted by atomic mass is 10.1. The number of amides is 2. The summed E-state index contributed by atoms with van der Waals surface area (Å²) in [5.74, 6) is -0.340. The highest BCUT2D eigenvalue weighted by Crippen LogP contribution is 2.38. The number of methoxy groups -OCH3 is 2. The third-order valence-electron chi connectivity index (χ3n) is 3.63. The minimum Gasteiger partial charge on any atom is -0.493 e. The van der Waals surface area contributed by atoms with Crippen LogP contribution in [-0.2, 0) is 14.3 Å². The maximum atomic E-state index is 12.6. The molecule has 1 heterocycles. The van der Waals surface area contributed by atoms with Gasteiger partial charge in [-0.1, -0.05) is 11.6 Å². The standard InChI is InChI=1S/C17H18ClNO6S/c1-5-25-16(21)9(2)19-15(20)14(26-17(19)22)7-10-6-12(23-3)13(24-4)8-11(10)18/h6-9H,5H2,1-4H3/b14-7+. The molecule has 0 aliphatic carbocycles. The van der Waals surface area contributed by atoms with E-state index in [1.54, 1.807) is 19.1 Å². The largest absolute Gasteiger partial charge is 0.493 e. The van der Waals surface area contributed by atoms with E-state index in [4.69, 9.17) is 25.8 Å². The van der Waals surface area contributed by atoms with Gasteiger partial charge < -0.3 is 14.2 Å². The Bertz CT molecular complexity index is 779. The average molecular weight is 400 g/mol. The van der Waals surface area contributed by atoms with Gasteiger partial charge in [0.2, 0.25) is 0 Å². The third-order valence-corrected chi connectivity index (χ3v) is 4.84. The molecule has 1 aliphatic rings. The van der Waals surface area contributed by atoms with Crippen molar-refractivity contribution in [2.45, 2.75) is 19.9 Å². The van der Waals surface area contributed by atoms with E-state index in [1.807, 2.05) is 0 Å². The summed E-state index contributed by atoms with van der Waals surface area (Å²) in [5, 5.41) is -0.216. The molecule has 0 radical (unpaired) electrons. The summed E-state index contributed by atoms with van der Waals surface area (Å²) in [4.78, 5) is 37.6. The summed E-state index contributed by atoms with van der Waals surface area (Å²) in [5.41, 5.74) is 0.485. The zero-order valence-corrected chi connectivity index (χ0v) is 16.3. The molecule has 1 unspecified atom stereocenters. The molecule has 1 atom stereocenters. The fourth-order valence-electron chi connectivity index (χ4n) is 2.30. The number of imide groups is 1. The maximum Gasteiger partial charge on any atom is 0.329 e. The van der Waals surface area contributed by atoms with Crippen LogP contribution < -0.4 is 9.47 Å². The van der Waals surface area contributed by atoms with Crippen molar-refractivity contribution in [1.82, 2.24) is 4.90 Å². The Morgan fingerprint density at radius 2 is 1.88 bits per heavy atom. The van der Waals surface area contributed by atoms with E-state index in [0.29, 0.717) is 22.1 Å². The number of carbonyl (C=O) groups excluding carboxylic acids is 3. The van der Waals surface area contributed by atoms with E-state index in [9.17, 15) is 14.4 Å². The second-order valence-electron chi connectivity index (χ2n) is 5.21. The van der Waals surface area contributed by atoms with Crippen LogP contribution >= 0.6 is 23.4 Å². The van der Waals surface area contributed by atoms with Crippen LogP contribution in [0, 0.1) is 0 Å². The number of halogens is 1. The topological polar surface area (TPSA) is 82.1 Å². The van der Waals surface area contributed by atoms with Crippen molar-refractivity contribution in [1.29, 1.82) is 0 Å². The number of hydrogen-bond acceptors (Lipinski definition) is 7. The summed E-state index contributed by atoms with van der Waals surface area (Å²) >= 11 is 6.95. The Kier molecular flexibility index (Phi) is 6.55. The first kappa shape index (κ1) is 20.1. The van der Waals surface area contributed by atoms with E-state index in [0.717, 1.165) is 16.7 Å². The SMILES string of the molecule is CCOC(=O)C(C)N1C(=O)S/C(=C/c2cc(OC)c(OC)cc2Cl)C1=O. The molecule has 2 rings (SSSR count). The lowest BCUT2D eigenvalue weighted by Gasteiger charge is -2.19. The Morgan fingerprint density at radius 1 is 1.27 bits per heavy atom. The lowest BCUT2D eigenvalue weighted by Crippen LogP contribution is -2.42. The number of nitrogens with zero attached hydrogens (tertiary/aromatic N) is 1. The van der Waals surface area contributed by atoms with Gasteiger partial charge >= 0.3 is 5.97 Å². The molecule has 1 aromatic carbocycles. The Balaban J connectivity index is 2.34. The van der Waals surface area contributed by atoms with Crippen molar-refractivity contribution >= 4 is 46.6 Å². The van der Waals surface area contributed by atoms with Crippen LogP contribution in [-0.4, -0.2) is 48.9 Å². The predicted octanol–water partition coefficient (Wildman–Crippen LogP) is 3.35. The van der Waals surface area contributed by atoms with E-state index in [1.165, 1.54) is 27.2 Å².